The van der Waals surface area contributed by atoms with Crippen molar-refractivity contribution in [3.05, 3.63) is 11.9 Å². The molecule has 18 heavy (non-hydrogen) atoms. The van der Waals surface area contributed by atoms with Gasteiger partial charge in [-0.25, -0.2) is 9.97 Å². The highest BCUT2D eigenvalue weighted by molar-refractivity contribution is 7.98. The van der Waals surface area contributed by atoms with E-state index in [2.05, 4.69) is 47.6 Å². The molecule has 2 N–H and O–H groups in total. The van der Waals surface area contributed by atoms with Crippen LogP contribution in [0, 0.1) is 6.92 Å². The Morgan fingerprint density at radius 3 is 2.61 bits per heavy atom. The van der Waals surface area contributed by atoms with Gasteiger partial charge in [-0.1, -0.05) is 13.8 Å². The van der Waals surface area contributed by atoms with Crippen LogP contribution >= 0.6 is 11.8 Å². The smallest absolute Gasteiger partial charge is 0.134 e. The van der Waals surface area contributed by atoms with Crippen LogP contribution in [0.4, 0.5) is 11.6 Å². The van der Waals surface area contributed by atoms with Crippen molar-refractivity contribution in [3.63, 3.8) is 0 Å². The average Bonchev–Trinajstić information content (AvgIpc) is 2.39. The first-order chi connectivity index (χ1) is 8.72. The number of rotatable bonds is 8. The van der Waals surface area contributed by atoms with Gasteiger partial charge in [-0.2, -0.15) is 11.8 Å². The van der Waals surface area contributed by atoms with Crippen molar-refractivity contribution in [3.8, 4) is 0 Å². The van der Waals surface area contributed by atoms with E-state index in [1.165, 1.54) is 0 Å². The molecule has 1 rings (SSSR count). The third-order valence-electron chi connectivity index (χ3n) is 2.83. The molecule has 4 nitrogen and oxygen atoms in total. The molecule has 0 saturated carbocycles. The summed E-state index contributed by atoms with van der Waals surface area (Å²) in [6.07, 6.45) is 5.95. The number of nitrogens with zero attached hydrogens (tertiary/aromatic N) is 2. The molecular weight excluding hydrogens is 244 g/mol. The van der Waals surface area contributed by atoms with Crippen LogP contribution in [0.3, 0.4) is 0 Å². The molecule has 0 aliphatic heterocycles. The van der Waals surface area contributed by atoms with Crippen molar-refractivity contribution in [2.24, 2.45) is 0 Å². The molecule has 1 atom stereocenters. The van der Waals surface area contributed by atoms with E-state index in [1.807, 2.05) is 11.8 Å². The zero-order valence-corrected chi connectivity index (χ0v) is 12.6. The Labute approximate surface area is 114 Å². The lowest BCUT2D eigenvalue weighted by molar-refractivity contribution is 0.767. The summed E-state index contributed by atoms with van der Waals surface area (Å²) in [4.78, 5) is 8.63. The lowest BCUT2D eigenvalue weighted by Crippen LogP contribution is -2.22. The van der Waals surface area contributed by atoms with Crippen LogP contribution in [0.5, 0.6) is 0 Å². The Hall–Kier alpha value is -0.970. The van der Waals surface area contributed by atoms with Gasteiger partial charge in [0.15, 0.2) is 0 Å². The number of nitrogens with one attached hydrogen (secondary N) is 2. The lowest BCUT2D eigenvalue weighted by atomic mass is 10.2. The largest absolute Gasteiger partial charge is 0.370 e. The van der Waals surface area contributed by atoms with E-state index < -0.39 is 0 Å². The van der Waals surface area contributed by atoms with E-state index in [-0.39, 0.29) is 0 Å². The number of anilines is 2. The van der Waals surface area contributed by atoms with E-state index in [9.17, 15) is 0 Å². The van der Waals surface area contributed by atoms with Crippen LogP contribution < -0.4 is 10.6 Å². The van der Waals surface area contributed by atoms with Crippen molar-refractivity contribution in [2.75, 3.05) is 29.2 Å². The highest BCUT2D eigenvalue weighted by Gasteiger charge is 2.10. The SMILES string of the molecule is CCCNc1ncnc(NC(CC)CSC)c1C. The quantitative estimate of drug-likeness (QED) is 0.758. The van der Waals surface area contributed by atoms with Gasteiger partial charge in [0, 0.05) is 23.9 Å². The minimum absolute atomic E-state index is 0.465. The number of thioether (sulfide) groups is 1. The second kappa shape index (κ2) is 8.19. The minimum Gasteiger partial charge on any atom is -0.370 e. The fraction of sp³-hybridized carbons (Fsp3) is 0.692. The van der Waals surface area contributed by atoms with E-state index in [0.29, 0.717) is 6.04 Å². The third-order valence-corrected chi connectivity index (χ3v) is 3.56. The summed E-state index contributed by atoms with van der Waals surface area (Å²) in [6, 6.07) is 0.465. The van der Waals surface area contributed by atoms with Crippen LogP contribution in [0.2, 0.25) is 0 Å². The minimum atomic E-state index is 0.465. The van der Waals surface area contributed by atoms with Gasteiger partial charge >= 0.3 is 0 Å². The highest BCUT2D eigenvalue weighted by Crippen LogP contribution is 2.20. The zero-order chi connectivity index (χ0) is 13.4. The average molecular weight is 268 g/mol. The maximum Gasteiger partial charge on any atom is 0.134 e. The second-order valence-corrected chi connectivity index (χ2v) is 5.24. The van der Waals surface area contributed by atoms with Gasteiger partial charge in [0.1, 0.15) is 18.0 Å². The molecule has 0 radical (unpaired) electrons. The molecule has 0 aliphatic rings. The summed E-state index contributed by atoms with van der Waals surface area (Å²) in [5, 5.41) is 6.83. The molecule has 5 heteroatoms. The second-order valence-electron chi connectivity index (χ2n) is 4.33. The molecule has 0 spiro atoms. The molecule has 0 fully saturated rings. The molecule has 102 valence electrons. The topological polar surface area (TPSA) is 49.8 Å². The maximum atomic E-state index is 4.35. The van der Waals surface area contributed by atoms with Gasteiger partial charge in [0.2, 0.25) is 0 Å². The molecule has 0 amide bonds. The van der Waals surface area contributed by atoms with Crippen LogP contribution in [-0.4, -0.2) is 34.6 Å². The van der Waals surface area contributed by atoms with Crippen molar-refractivity contribution in [1.82, 2.24) is 9.97 Å². The molecule has 1 aromatic rings. The van der Waals surface area contributed by atoms with Crippen molar-refractivity contribution < 1.29 is 0 Å². The number of aromatic nitrogens is 2. The maximum absolute atomic E-state index is 4.35. The lowest BCUT2D eigenvalue weighted by Gasteiger charge is -2.19. The van der Waals surface area contributed by atoms with Crippen molar-refractivity contribution >= 4 is 23.4 Å². The molecule has 0 aliphatic carbocycles. The van der Waals surface area contributed by atoms with E-state index in [0.717, 1.165) is 42.3 Å². The predicted molar refractivity (Wildman–Crippen MR) is 81.6 cm³/mol. The predicted octanol–water partition coefficient (Wildman–Crippen LogP) is 3.16. The molecular formula is C13H24N4S. The monoisotopic (exact) mass is 268 g/mol. The normalized spacial score (nSPS) is 12.2. The highest BCUT2D eigenvalue weighted by atomic mass is 32.2. The first kappa shape index (κ1) is 15.1. The number of hydrogen-bond acceptors (Lipinski definition) is 5. The summed E-state index contributed by atoms with van der Waals surface area (Å²) >= 11 is 1.86. The van der Waals surface area contributed by atoms with Crippen LogP contribution in [0.15, 0.2) is 6.33 Å². The summed E-state index contributed by atoms with van der Waals surface area (Å²) in [6.45, 7) is 7.35. The van der Waals surface area contributed by atoms with Crippen molar-refractivity contribution in [1.29, 1.82) is 0 Å². The Bertz CT molecular complexity index is 357. The van der Waals surface area contributed by atoms with Crippen LogP contribution in [-0.2, 0) is 0 Å². The molecule has 1 aromatic heterocycles. The van der Waals surface area contributed by atoms with Gasteiger partial charge in [-0.3, -0.25) is 0 Å². The first-order valence-corrected chi connectivity index (χ1v) is 7.93. The fourth-order valence-corrected chi connectivity index (χ4v) is 2.39. The fourth-order valence-electron chi connectivity index (χ4n) is 1.67. The third kappa shape index (κ3) is 4.37. The van der Waals surface area contributed by atoms with Gasteiger partial charge in [0.05, 0.1) is 0 Å². The van der Waals surface area contributed by atoms with Gasteiger partial charge in [-0.15, -0.1) is 0 Å². The van der Waals surface area contributed by atoms with Crippen molar-refractivity contribution in [2.45, 2.75) is 39.7 Å². The summed E-state index contributed by atoms with van der Waals surface area (Å²) in [7, 11) is 0. The summed E-state index contributed by atoms with van der Waals surface area (Å²) in [5.74, 6) is 2.98. The molecule has 0 bridgehead atoms. The molecule has 1 heterocycles. The summed E-state index contributed by atoms with van der Waals surface area (Å²) < 4.78 is 0. The molecule has 0 saturated heterocycles. The molecule has 0 aromatic carbocycles. The van der Waals surface area contributed by atoms with Gasteiger partial charge in [-0.05, 0) is 26.0 Å². The van der Waals surface area contributed by atoms with Gasteiger partial charge in [0.25, 0.3) is 0 Å². The zero-order valence-electron chi connectivity index (χ0n) is 11.8. The Balaban J connectivity index is 2.75. The van der Waals surface area contributed by atoms with Crippen LogP contribution in [0.25, 0.3) is 0 Å². The van der Waals surface area contributed by atoms with E-state index >= 15 is 0 Å². The first-order valence-electron chi connectivity index (χ1n) is 6.53. The van der Waals surface area contributed by atoms with E-state index in [1.54, 1.807) is 6.33 Å². The Kier molecular flexibility index (Phi) is 6.86. The Morgan fingerprint density at radius 1 is 1.28 bits per heavy atom. The molecule has 1 unspecified atom stereocenters. The Morgan fingerprint density at radius 2 is 2.00 bits per heavy atom. The van der Waals surface area contributed by atoms with Crippen LogP contribution in [0.1, 0.15) is 32.3 Å². The standard InChI is InChI=1S/C13H24N4S/c1-5-7-14-12-10(3)13(16-9-15-12)17-11(6-2)8-18-4/h9,11H,5-8H2,1-4H3,(H2,14,15,16,17). The van der Waals surface area contributed by atoms with E-state index in [4.69, 9.17) is 0 Å². The van der Waals surface area contributed by atoms with Gasteiger partial charge < -0.3 is 10.6 Å². The summed E-state index contributed by atoms with van der Waals surface area (Å²) in [5.41, 5.74) is 1.10. The number of hydrogen-bond donors (Lipinski definition) is 2.